The Morgan fingerprint density at radius 2 is 1.36 bits per heavy atom. The fourth-order valence-corrected chi connectivity index (χ4v) is 9.71. The van der Waals surface area contributed by atoms with Gasteiger partial charge in [-0.2, -0.15) is 0 Å². The highest BCUT2D eigenvalue weighted by Gasteiger charge is 2.44. The Hall–Kier alpha value is -0.126. The van der Waals surface area contributed by atoms with Gasteiger partial charge in [-0.25, -0.2) is 0 Å². The van der Waals surface area contributed by atoms with Gasteiger partial charge in [0.05, 0.1) is 8.07 Å². The van der Waals surface area contributed by atoms with Crippen LogP contribution in [0.25, 0.3) is 0 Å². The van der Waals surface area contributed by atoms with Crippen LogP contribution in [-0.2, 0) is 4.43 Å². The first-order chi connectivity index (χ1) is 9.93. The smallest absolute Gasteiger partial charge is 0.200 e. The Morgan fingerprint density at radius 3 is 1.73 bits per heavy atom. The van der Waals surface area contributed by atoms with Gasteiger partial charge in [-0.15, -0.1) is 0 Å². The van der Waals surface area contributed by atoms with Crippen molar-refractivity contribution in [1.29, 1.82) is 0 Å². The second-order valence-corrected chi connectivity index (χ2v) is 19.1. The van der Waals surface area contributed by atoms with Crippen molar-refractivity contribution in [2.45, 2.75) is 91.2 Å². The van der Waals surface area contributed by atoms with E-state index >= 15 is 0 Å². The van der Waals surface area contributed by atoms with Gasteiger partial charge >= 0.3 is 0 Å². The van der Waals surface area contributed by atoms with Crippen LogP contribution in [0.2, 0.25) is 36.3 Å². The zero-order valence-corrected chi connectivity index (χ0v) is 18.8. The zero-order valence-electron chi connectivity index (χ0n) is 16.8. The number of hydrogen-bond donors (Lipinski definition) is 0. The van der Waals surface area contributed by atoms with Crippen LogP contribution in [0.4, 0.5) is 0 Å². The number of hydrogen-bond acceptors (Lipinski definition) is 1. The van der Waals surface area contributed by atoms with Crippen LogP contribution in [-0.4, -0.2) is 23.0 Å². The molecule has 0 unspecified atom stereocenters. The van der Waals surface area contributed by atoms with Crippen molar-refractivity contribution < 1.29 is 4.43 Å². The summed E-state index contributed by atoms with van der Waals surface area (Å²) in [5.41, 5.74) is 5.80. The zero-order chi connectivity index (χ0) is 17.6. The third-order valence-electron chi connectivity index (χ3n) is 4.49. The van der Waals surface area contributed by atoms with Gasteiger partial charge in [0.2, 0.25) is 0 Å². The molecule has 0 N–H and O–H groups in total. The van der Waals surface area contributed by atoms with Crippen molar-refractivity contribution in [3.05, 3.63) is 23.4 Å². The van der Waals surface area contributed by atoms with Crippen molar-refractivity contribution >= 4 is 16.4 Å². The molecule has 0 aliphatic heterocycles. The molecular formula is C19H40OSi2. The summed E-state index contributed by atoms with van der Waals surface area (Å²) in [7, 11) is -2.78. The first-order valence-corrected chi connectivity index (χ1v) is 14.6. The summed E-state index contributed by atoms with van der Waals surface area (Å²) in [4.78, 5) is 0. The monoisotopic (exact) mass is 340 g/mol. The molecule has 0 aromatic heterocycles. The second kappa shape index (κ2) is 9.24. The predicted molar refractivity (Wildman–Crippen MR) is 108 cm³/mol. The lowest BCUT2D eigenvalue weighted by Crippen LogP contribution is -2.47. The predicted octanol–water partition coefficient (Wildman–Crippen LogP) is 6.95. The van der Waals surface area contributed by atoms with Gasteiger partial charge in [-0.3, -0.25) is 0 Å². The molecule has 0 saturated heterocycles. The lowest BCUT2D eigenvalue weighted by molar-refractivity contribution is 0.283. The lowest BCUT2D eigenvalue weighted by Gasteiger charge is -2.42. The van der Waals surface area contributed by atoms with Gasteiger partial charge in [-0.05, 0) is 30.0 Å². The molecule has 0 heterocycles. The highest BCUT2D eigenvalue weighted by atomic mass is 28.4. The molecule has 0 rings (SSSR count). The molecule has 0 aromatic rings. The van der Waals surface area contributed by atoms with E-state index in [9.17, 15) is 0 Å². The largest absolute Gasteiger partial charge is 0.416 e. The molecule has 22 heavy (non-hydrogen) atoms. The first kappa shape index (κ1) is 21.9. The minimum absolute atomic E-state index is 0.671. The Morgan fingerprint density at radius 1 is 0.909 bits per heavy atom. The average Bonchev–Trinajstić information content (AvgIpc) is 2.34. The van der Waals surface area contributed by atoms with Gasteiger partial charge in [0, 0.05) is 6.61 Å². The van der Waals surface area contributed by atoms with Crippen LogP contribution in [0.15, 0.2) is 23.4 Å². The first-order valence-electron chi connectivity index (χ1n) is 8.93. The van der Waals surface area contributed by atoms with E-state index in [0.29, 0.717) is 16.6 Å². The molecule has 0 atom stereocenters. The fourth-order valence-electron chi connectivity index (χ4n) is 3.47. The average molecular weight is 341 g/mol. The minimum atomic E-state index is -1.69. The normalized spacial score (nSPS) is 14.9. The van der Waals surface area contributed by atoms with E-state index in [2.05, 4.69) is 86.0 Å². The standard InChI is InChI=1S/C19H40OSi2/c1-16(2)22(17(3)4,18(5)6)20-14-11-12-19(7)13-15-21(8,9)10/h12-13,15-18H,11,14H2,1-10H3/b15-13+,19-12+. The van der Waals surface area contributed by atoms with Crippen molar-refractivity contribution in [3.63, 3.8) is 0 Å². The summed E-state index contributed by atoms with van der Waals surface area (Å²) in [6, 6.07) is 0. The van der Waals surface area contributed by atoms with Crippen LogP contribution in [0.1, 0.15) is 54.9 Å². The van der Waals surface area contributed by atoms with E-state index in [1.165, 1.54) is 5.57 Å². The Bertz CT molecular complexity index is 352. The van der Waals surface area contributed by atoms with E-state index in [0.717, 1.165) is 13.0 Å². The van der Waals surface area contributed by atoms with E-state index in [1.807, 2.05) is 0 Å². The highest BCUT2D eigenvalue weighted by molar-refractivity contribution is 6.81. The Labute approximate surface area is 142 Å². The van der Waals surface area contributed by atoms with Crippen LogP contribution >= 0.6 is 0 Å². The molecule has 3 heteroatoms. The summed E-state index contributed by atoms with van der Waals surface area (Å²) in [5, 5.41) is 0. The van der Waals surface area contributed by atoms with E-state index in [4.69, 9.17) is 4.43 Å². The lowest BCUT2D eigenvalue weighted by atomic mass is 10.2. The summed E-state index contributed by atoms with van der Waals surface area (Å²) in [5.74, 6) is 0. The maximum Gasteiger partial charge on any atom is 0.200 e. The molecule has 0 fully saturated rings. The molecule has 0 aliphatic carbocycles. The van der Waals surface area contributed by atoms with E-state index in [1.54, 1.807) is 0 Å². The Balaban J connectivity index is 4.69. The number of rotatable bonds is 9. The van der Waals surface area contributed by atoms with Crippen LogP contribution in [0.3, 0.4) is 0 Å². The fraction of sp³-hybridized carbons (Fsp3) is 0.789. The van der Waals surface area contributed by atoms with Gasteiger partial charge in [0.1, 0.15) is 0 Å². The van der Waals surface area contributed by atoms with Crippen LogP contribution in [0, 0.1) is 0 Å². The molecule has 0 aromatic carbocycles. The highest BCUT2D eigenvalue weighted by Crippen LogP contribution is 2.42. The molecule has 1 nitrogen and oxygen atoms in total. The van der Waals surface area contributed by atoms with Crippen molar-refractivity contribution in [2.24, 2.45) is 0 Å². The van der Waals surface area contributed by atoms with Crippen molar-refractivity contribution in [1.82, 2.24) is 0 Å². The van der Waals surface area contributed by atoms with E-state index in [-0.39, 0.29) is 0 Å². The van der Waals surface area contributed by atoms with Crippen molar-refractivity contribution in [2.75, 3.05) is 6.61 Å². The Kier molecular flexibility index (Phi) is 9.19. The topological polar surface area (TPSA) is 9.23 Å². The second-order valence-electron chi connectivity index (χ2n) is 8.60. The van der Waals surface area contributed by atoms with E-state index < -0.39 is 16.4 Å². The van der Waals surface area contributed by atoms with Crippen LogP contribution in [0.5, 0.6) is 0 Å². The quantitative estimate of drug-likeness (QED) is 0.251. The van der Waals surface area contributed by atoms with Crippen molar-refractivity contribution in [3.8, 4) is 0 Å². The summed E-state index contributed by atoms with van der Waals surface area (Å²) in [6.07, 6.45) is 5.66. The maximum absolute atomic E-state index is 6.59. The molecule has 0 spiro atoms. The molecule has 0 aliphatic rings. The minimum Gasteiger partial charge on any atom is -0.416 e. The molecule has 130 valence electrons. The molecular weight excluding hydrogens is 300 g/mol. The third-order valence-corrected chi connectivity index (χ3v) is 11.8. The SMILES string of the molecule is CC(/C=C/[Si](C)(C)C)=C\CCO[Si](C(C)C)(C(C)C)C(C)C. The summed E-state index contributed by atoms with van der Waals surface area (Å²) >= 11 is 0. The van der Waals surface area contributed by atoms with Gasteiger partial charge in [0.15, 0.2) is 8.32 Å². The van der Waals surface area contributed by atoms with Gasteiger partial charge in [-0.1, -0.05) is 84.6 Å². The van der Waals surface area contributed by atoms with Gasteiger partial charge in [0.25, 0.3) is 0 Å². The summed E-state index contributed by atoms with van der Waals surface area (Å²) in [6.45, 7) is 24.3. The molecule has 0 bridgehead atoms. The maximum atomic E-state index is 6.59. The number of allylic oxidation sites excluding steroid dienone is 2. The molecule has 0 amide bonds. The summed E-state index contributed by atoms with van der Waals surface area (Å²) < 4.78 is 6.59. The van der Waals surface area contributed by atoms with Gasteiger partial charge < -0.3 is 4.43 Å². The third kappa shape index (κ3) is 6.97. The molecule has 0 saturated carbocycles. The van der Waals surface area contributed by atoms with Crippen LogP contribution < -0.4 is 0 Å². The molecule has 0 radical (unpaired) electrons.